The minimum Gasteiger partial charge on any atom is -0.481 e. The third-order valence-electron chi connectivity index (χ3n) is 6.67. The second-order valence-electron chi connectivity index (χ2n) is 9.98. The number of para-hydroxylation sites is 1. The summed E-state index contributed by atoms with van der Waals surface area (Å²) >= 11 is 0. The Hall–Kier alpha value is -5.24. The molecule has 4 unspecified atom stereocenters. The van der Waals surface area contributed by atoms with Crippen LogP contribution in [-0.4, -0.2) is 74.9 Å². The minimum atomic E-state index is -1.70. The van der Waals surface area contributed by atoms with Crippen LogP contribution in [0.15, 0.2) is 60.8 Å². The molecule has 1 aromatic heterocycles. The van der Waals surface area contributed by atoms with Gasteiger partial charge < -0.3 is 42.6 Å². The van der Waals surface area contributed by atoms with Gasteiger partial charge in [0.05, 0.1) is 12.5 Å². The molecule has 228 valence electrons. The summed E-state index contributed by atoms with van der Waals surface area (Å²) in [5, 5.41) is 26.5. The second-order valence-corrected chi connectivity index (χ2v) is 9.98. The Kier molecular flexibility index (Phi) is 11.3. The highest BCUT2D eigenvalue weighted by molar-refractivity contribution is 5.95. The van der Waals surface area contributed by atoms with Crippen molar-refractivity contribution in [2.24, 2.45) is 11.5 Å². The number of hydrogen-bond acceptors (Lipinski definition) is 7. The maximum atomic E-state index is 13.6. The van der Waals surface area contributed by atoms with Gasteiger partial charge >= 0.3 is 11.9 Å². The van der Waals surface area contributed by atoms with Gasteiger partial charge in [0, 0.05) is 29.9 Å². The number of amides is 4. The Labute approximate surface area is 246 Å². The van der Waals surface area contributed by atoms with Gasteiger partial charge in [0.25, 0.3) is 0 Å². The van der Waals surface area contributed by atoms with Gasteiger partial charge in [-0.25, -0.2) is 4.79 Å². The molecule has 0 spiro atoms. The summed E-state index contributed by atoms with van der Waals surface area (Å²) in [5.41, 5.74) is 13.5. The summed E-state index contributed by atoms with van der Waals surface area (Å²) in [7, 11) is 0. The lowest BCUT2D eigenvalue weighted by Gasteiger charge is -2.25. The average molecular weight is 595 g/mol. The number of carboxylic acids is 2. The molecular weight excluding hydrogens is 560 g/mol. The van der Waals surface area contributed by atoms with E-state index in [2.05, 4.69) is 20.9 Å². The number of primary amides is 1. The highest BCUT2D eigenvalue weighted by Crippen LogP contribution is 2.19. The zero-order valence-corrected chi connectivity index (χ0v) is 23.1. The molecule has 0 bridgehead atoms. The van der Waals surface area contributed by atoms with E-state index in [1.54, 1.807) is 36.5 Å². The number of aromatic nitrogens is 1. The molecule has 0 radical (unpaired) electrons. The first-order valence-electron chi connectivity index (χ1n) is 13.4. The number of aromatic amines is 1. The first-order valence-corrected chi connectivity index (χ1v) is 13.4. The highest BCUT2D eigenvalue weighted by Gasteiger charge is 2.31. The number of benzene rings is 2. The molecule has 0 aliphatic carbocycles. The van der Waals surface area contributed by atoms with Gasteiger partial charge in [-0.05, 0) is 30.0 Å². The maximum absolute atomic E-state index is 13.6. The van der Waals surface area contributed by atoms with E-state index in [9.17, 15) is 39.0 Å². The molecule has 2 aromatic carbocycles. The van der Waals surface area contributed by atoms with Gasteiger partial charge in [0.2, 0.25) is 23.6 Å². The van der Waals surface area contributed by atoms with E-state index in [1.165, 1.54) is 0 Å². The summed E-state index contributed by atoms with van der Waals surface area (Å²) in [6.07, 6.45) is 0.168. The number of carbonyl (C=O) groups excluding carboxylic acids is 4. The zero-order chi connectivity index (χ0) is 31.5. The van der Waals surface area contributed by atoms with Gasteiger partial charge in [0.1, 0.15) is 18.1 Å². The SMILES string of the molecule is NC(=O)CC(NC(=O)C(CCC(=O)O)NC(=O)C(Cc1c[nH]c2ccccc12)NC(=O)C(N)Cc1ccccc1)C(=O)O. The van der Waals surface area contributed by atoms with Crippen molar-refractivity contribution in [2.75, 3.05) is 0 Å². The van der Waals surface area contributed by atoms with E-state index in [-0.39, 0.29) is 12.8 Å². The number of H-pyrrole nitrogens is 1. The molecule has 3 aromatic rings. The molecule has 1 heterocycles. The van der Waals surface area contributed by atoms with Crippen molar-refractivity contribution in [2.45, 2.75) is 56.3 Å². The van der Waals surface area contributed by atoms with Gasteiger partial charge in [0.15, 0.2) is 0 Å². The van der Waals surface area contributed by atoms with Crippen LogP contribution in [0, 0.1) is 0 Å². The molecule has 0 saturated heterocycles. The monoisotopic (exact) mass is 594 g/mol. The Morgan fingerprint density at radius 3 is 2.02 bits per heavy atom. The predicted octanol–water partition coefficient (Wildman–Crippen LogP) is -0.440. The Morgan fingerprint density at radius 2 is 1.37 bits per heavy atom. The topological polar surface area (TPSA) is 247 Å². The van der Waals surface area contributed by atoms with Crippen molar-refractivity contribution >= 4 is 46.5 Å². The molecule has 4 atom stereocenters. The van der Waals surface area contributed by atoms with E-state index in [4.69, 9.17) is 11.5 Å². The van der Waals surface area contributed by atoms with Gasteiger partial charge in [-0.15, -0.1) is 0 Å². The van der Waals surface area contributed by atoms with Gasteiger partial charge in [-0.3, -0.25) is 24.0 Å². The lowest BCUT2D eigenvalue weighted by molar-refractivity contribution is -0.144. The molecule has 0 saturated carbocycles. The van der Waals surface area contributed by atoms with E-state index in [0.29, 0.717) is 5.56 Å². The number of hydrogen-bond donors (Lipinski definition) is 8. The Bertz CT molecular complexity index is 1470. The molecule has 14 nitrogen and oxygen atoms in total. The fraction of sp³-hybridized carbons (Fsp3) is 0.310. The molecule has 43 heavy (non-hydrogen) atoms. The van der Waals surface area contributed by atoms with Crippen molar-refractivity contribution in [3.05, 3.63) is 71.9 Å². The minimum absolute atomic E-state index is 0.0215. The van der Waals surface area contributed by atoms with E-state index in [1.807, 2.05) is 24.3 Å². The number of carbonyl (C=O) groups is 6. The quantitative estimate of drug-likeness (QED) is 0.107. The van der Waals surface area contributed by atoms with E-state index in [0.717, 1.165) is 16.5 Å². The molecule has 0 aliphatic heterocycles. The van der Waals surface area contributed by atoms with Crippen LogP contribution in [-0.2, 0) is 41.6 Å². The summed E-state index contributed by atoms with van der Waals surface area (Å²) in [5.74, 6) is -6.32. The van der Waals surface area contributed by atoms with E-state index < -0.39 is 79.0 Å². The zero-order valence-electron chi connectivity index (χ0n) is 23.1. The first kappa shape index (κ1) is 32.3. The van der Waals surface area contributed by atoms with Crippen molar-refractivity contribution in [3.8, 4) is 0 Å². The van der Waals surface area contributed by atoms with Crippen LogP contribution in [0.25, 0.3) is 10.9 Å². The lowest BCUT2D eigenvalue weighted by atomic mass is 10.0. The van der Waals surface area contributed by atoms with Crippen LogP contribution in [0.4, 0.5) is 0 Å². The van der Waals surface area contributed by atoms with Crippen LogP contribution < -0.4 is 27.4 Å². The Morgan fingerprint density at radius 1 is 0.767 bits per heavy atom. The van der Waals surface area contributed by atoms with Crippen LogP contribution in [0.3, 0.4) is 0 Å². The summed E-state index contributed by atoms with van der Waals surface area (Å²) in [6, 6.07) is 10.8. The maximum Gasteiger partial charge on any atom is 0.326 e. The summed E-state index contributed by atoms with van der Waals surface area (Å²) < 4.78 is 0. The highest BCUT2D eigenvalue weighted by atomic mass is 16.4. The first-order chi connectivity index (χ1) is 20.4. The third kappa shape index (κ3) is 9.67. The fourth-order valence-electron chi connectivity index (χ4n) is 4.45. The van der Waals surface area contributed by atoms with Crippen molar-refractivity contribution in [3.63, 3.8) is 0 Å². The molecule has 0 fully saturated rings. The summed E-state index contributed by atoms with van der Waals surface area (Å²) in [4.78, 5) is 76.8. The molecule has 10 N–H and O–H groups in total. The van der Waals surface area contributed by atoms with Crippen molar-refractivity contribution < 1.29 is 39.0 Å². The van der Waals surface area contributed by atoms with Crippen molar-refractivity contribution in [1.29, 1.82) is 0 Å². The van der Waals surface area contributed by atoms with Crippen LogP contribution in [0.5, 0.6) is 0 Å². The normalized spacial score (nSPS) is 13.7. The molecule has 0 aliphatic rings. The standard InChI is InChI=1S/C29H34N6O8/c30-19(12-16-6-2-1-3-7-16)26(39)34-22(13-17-15-32-20-9-5-4-8-18(17)20)28(41)33-21(10-11-25(37)38)27(40)35-23(29(42)43)14-24(31)36/h1-9,15,19,21-23,32H,10-14,30H2,(H2,31,36)(H,33,41)(H,34,39)(H,35,40)(H,37,38)(H,42,43). The molecule has 4 amide bonds. The molecule has 14 heteroatoms. The Balaban J connectivity index is 1.84. The number of rotatable bonds is 16. The average Bonchev–Trinajstić information content (AvgIpc) is 3.37. The largest absolute Gasteiger partial charge is 0.481 e. The predicted molar refractivity (Wildman–Crippen MR) is 154 cm³/mol. The van der Waals surface area contributed by atoms with Gasteiger partial charge in [-0.1, -0.05) is 48.5 Å². The van der Waals surface area contributed by atoms with Crippen molar-refractivity contribution in [1.82, 2.24) is 20.9 Å². The smallest absolute Gasteiger partial charge is 0.326 e. The fourth-order valence-corrected chi connectivity index (χ4v) is 4.45. The number of carboxylic acid groups (broad SMARTS) is 2. The number of aliphatic carboxylic acids is 2. The van der Waals surface area contributed by atoms with Crippen LogP contribution in [0.1, 0.15) is 30.4 Å². The summed E-state index contributed by atoms with van der Waals surface area (Å²) in [6.45, 7) is 0. The molecule has 3 rings (SSSR count). The number of nitrogens with two attached hydrogens (primary N) is 2. The van der Waals surface area contributed by atoms with Crippen LogP contribution in [0.2, 0.25) is 0 Å². The lowest BCUT2D eigenvalue weighted by Crippen LogP contribution is -2.58. The third-order valence-corrected chi connectivity index (χ3v) is 6.67. The second kappa shape index (κ2) is 15.1. The van der Waals surface area contributed by atoms with Gasteiger partial charge in [-0.2, -0.15) is 0 Å². The van der Waals surface area contributed by atoms with E-state index >= 15 is 0 Å². The molecular formula is C29H34N6O8. The van der Waals surface area contributed by atoms with Crippen LogP contribution >= 0.6 is 0 Å². The number of fused-ring (bicyclic) bond motifs is 1. The number of nitrogens with one attached hydrogen (secondary N) is 4.